The van der Waals surface area contributed by atoms with Crippen molar-refractivity contribution in [2.75, 3.05) is 13.2 Å². The highest BCUT2D eigenvalue weighted by molar-refractivity contribution is 5.99. The van der Waals surface area contributed by atoms with Crippen molar-refractivity contribution in [3.05, 3.63) is 77.7 Å². The number of carbonyl (C=O) groups excluding carboxylic acids is 1. The van der Waals surface area contributed by atoms with Crippen LogP contribution in [0.15, 0.2) is 60.8 Å². The molecule has 5 rings (SSSR count). The summed E-state index contributed by atoms with van der Waals surface area (Å²) in [6.07, 6.45) is 3.60. The Morgan fingerprint density at radius 3 is 2.72 bits per heavy atom. The van der Waals surface area contributed by atoms with Crippen LogP contribution in [0.25, 0.3) is 11.1 Å². The summed E-state index contributed by atoms with van der Waals surface area (Å²) in [7, 11) is 0. The van der Waals surface area contributed by atoms with Crippen molar-refractivity contribution in [2.45, 2.75) is 25.8 Å². The van der Waals surface area contributed by atoms with Gasteiger partial charge in [-0.15, -0.1) is 0 Å². The Morgan fingerprint density at radius 1 is 1.12 bits per heavy atom. The van der Waals surface area contributed by atoms with E-state index in [2.05, 4.69) is 16.0 Å². The van der Waals surface area contributed by atoms with Crippen LogP contribution in [0.4, 0.5) is 0 Å². The molecule has 6 nitrogen and oxygen atoms in total. The van der Waals surface area contributed by atoms with E-state index >= 15 is 0 Å². The number of rotatable bonds is 5. The minimum absolute atomic E-state index is 0.0328. The van der Waals surface area contributed by atoms with Crippen molar-refractivity contribution in [3.8, 4) is 23.1 Å². The molecule has 0 N–H and O–H groups in total. The first-order valence-electron chi connectivity index (χ1n) is 11.0. The molecule has 32 heavy (non-hydrogen) atoms. The Morgan fingerprint density at radius 2 is 1.97 bits per heavy atom. The smallest absolute Gasteiger partial charge is 0.273 e. The van der Waals surface area contributed by atoms with Crippen LogP contribution in [0, 0.1) is 30.1 Å². The van der Waals surface area contributed by atoms with Gasteiger partial charge in [-0.3, -0.25) is 4.79 Å². The predicted octanol–water partition coefficient (Wildman–Crippen LogP) is 4.25. The zero-order valence-corrected chi connectivity index (χ0v) is 17.9. The molecule has 1 aromatic carbocycles. The maximum absolute atomic E-state index is 13.8. The maximum Gasteiger partial charge on any atom is 0.273 e. The van der Waals surface area contributed by atoms with E-state index in [9.17, 15) is 4.79 Å². The summed E-state index contributed by atoms with van der Waals surface area (Å²) in [4.78, 5) is 24.6. The second-order valence-electron chi connectivity index (χ2n) is 8.63. The number of hydrogen-bond donors (Lipinski definition) is 0. The van der Waals surface area contributed by atoms with E-state index in [0.717, 1.165) is 29.8 Å². The van der Waals surface area contributed by atoms with Gasteiger partial charge in [-0.05, 0) is 49.3 Å². The molecule has 1 aliphatic heterocycles. The Bertz CT molecular complexity index is 1170. The van der Waals surface area contributed by atoms with Crippen LogP contribution in [0.1, 0.15) is 34.6 Å². The van der Waals surface area contributed by atoms with Gasteiger partial charge < -0.3 is 9.64 Å². The van der Waals surface area contributed by atoms with E-state index in [-0.39, 0.29) is 11.9 Å². The summed E-state index contributed by atoms with van der Waals surface area (Å²) >= 11 is 0. The summed E-state index contributed by atoms with van der Waals surface area (Å²) in [6, 6.07) is 19.3. The SMILES string of the molecule is Cc1ccc(-c2ccccc2)c(C(=O)N2C[C@@H]3C[C@@H]3C[C@H]2COc2ccc(C#N)cn2)n1. The second-order valence-corrected chi connectivity index (χ2v) is 8.63. The lowest BCUT2D eigenvalue weighted by Gasteiger charge is -2.35. The van der Waals surface area contributed by atoms with Crippen LogP contribution in [0.5, 0.6) is 5.88 Å². The Balaban J connectivity index is 1.40. The van der Waals surface area contributed by atoms with Crippen LogP contribution in [-0.2, 0) is 0 Å². The van der Waals surface area contributed by atoms with Gasteiger partial charge >= 0.3 is 0 Å². The minimum Gasteiger partial charge on any atom is -0.475 e. The molecule has 2 fully saturated rings. The fraction of sp³-hybridized carbons (Fsp3) is 0.308. The third-order valence-electron chi connectivity index (χ3n) is 6.39. The number of carbonyl (C=O) groups is 1. The fourth-order valence-corrected chi connectivity index (χ4v) is 4.53. The Labute approximate surface area is 187 Å². The number of benzene rings is 1. The van der Waals surface area contributed by atoms with E-state index in [1.165, 1.54) is 12.6 Å². The second kappa shape index (κ2) is 8.43. The topological polar surface area (TPSA) is 79.1 Å². The first-order chi connectivity index (χ1) is 15.6. The molecule has 0 radical (unpaired) electrons. The number of nitrogens with zero attached hydrogens (tertiary/aromatic N) is 4. The van der Waals surface area contributed by atoms with Gasteiger partial charge in [0.05, 0.1) is 11.6 Å². The summed E-state index contributed by atoms with van der Waals surface area (Å²) < 4.78 is 5.93. The number of nitriles is 1. The number of aromatic nitrogens is 2. The molecule has 3 atom stereocenters. The average Bonchev–Trinajstić information content (AvgIpc) is 3.61. The highest BCUT2D eigenvalue weighted by Crippen LogP contribution is 2.47. The van der Waals surface area contributed by atoms with Crippen molar-refractivity contribution in [1.29, 1.82) is 5.26 Å². The molecule has 2 aliphatic rings. The highest BCUT2D eigenvalue weighted by Gasteiger charge is 2.47. The number of fused-ring (bicyclic) bond motifs is 1. The lowest BCUT2D eigenvalue weighted by molar-refractivity contribution is 0.0503. The van der Waals surface area contributed by atoms with Gasteiger partial charge in [0.15, 0.2) is 0 Å². The van der Waals surface area contributed by atoms with Gasteiger partial charge in [-0.2, -0.15) is 5.26 Å². The van der Waals surface area contributed by atoms with Crippen LogP contribution >= 0.6 is 0 Å². The molecule has 1 amide bonds. The molecule has 3 aromatic rings. The molecule has 1 aliphatic carbocycles. The van der Waals surface area contributed by atoms with Crippen molar-refractivity contribution in [1.82, 2.24) is 14.9 Å². The largest absolute Gasteiger partial charge is 0.475 e. The van der Waals surface area contributed by atoms with E-state index in [0.29, 0.717) is 35.6 Å². The number of pyridine rings is 2. The van der Waals surface area contributed by atoms with Crippen LogP contribution in [-0.4, -0.2) is 40.0 Å². The number of piperidine rings is 1. The van der Waals surface area contributed by atoms with Crippen LogP contribution < -0.4 is 4.74 Å². The van der Waals surface area contributed by atoms with Gasteiger partial charge in [0.2, 0.25) is 5.88 Å². The van der Waals surface area contributed by atoms with E-state index in [1.807, 2.05) is 54.3 Å². The lowest BCUT2D eigenvalue weighted by Crippen LogP contribution is -2.48. The Hall–Kier alpha value is -3.72. The molecule has 2 aromatic heterocycles. The number of amides is 1. The van der Waals surface area contributed by atoms with Gasteiger partial charge in [-0.1, -0.05) is 36.4 Å². The molecule has 1 saturated carbocycles. The first kappa shape index (κ1) is 20.2. The molecule has 6 heteroatoms. The zero-order chi connectivity index (χ0) is 22.1. The third kappa shape index (κ3) is 4.06. The normalized spacial score (nSPS) is 21.4. The van der Waals surface area contributed by atoms with Crippen LogP contribution in [0.2, 0.25) is 0 Å². The standard InChI is InChI=1S/C26H24N4O2/c1-17-7-9-23(19-5-3-2-4-6-19)25(29-17)26(31)30-15-21-11-20(21)12-22(30)16-32-24-10-8-18(13-27)14-28-24/h2-10,14,20-22H,11-12,15-16H2,1H3/t20-,21+,22+/m1/s1. The highest BCUT2D eigenvalue weighted by atomic mass is 16.5. The summed E-state index contributed by atoms with van der Waals surface area (Å²) in [5.41, 5.74) is 3.65. The fourth-order valence-electron chi connectivity index (χ4n) is 4.53. The summed E-state index contributed by atoms with van der Waals surface area (Å²) in [5, 5.41) is 8.94. The monoisotopic (exact) mass is 424 g/mol. The van der Waals surface area contributed by atoms with Gasteiger partial charge in [0.1, 0.15) is 18.4 Å². The average molecular weight is 425 g/mol. The summed E-state index contributed by atoms with van der Waals surface area (Å²) in [6.45, 7) is 3.03. The lowest BCUT2D eigenvalue weighted by atomic mass is 9.99. The molecular weight excluding hydrogens is 400 g/mol. The predicted molar refractivity (Wildman–Crippen MR) is 120 cm³/mol. The molecule has 160 valence electrons. The molecule has 0 unspecified atom stereocenters. The molecular formula is C26H24N4O2. The van der Waals surface area contributed by atoms with Gasteiger partial charge in [0.25, 0.3) is 5.91 Å². The van der Waals surface area contributed by atoms with Crippen molar-refractivity contribution < 1.29 is 9.53 Å². The van der Waals surface area contributed by atoms with E-state index in [4.69, 9.17) is 10.00 Å². The van der Waals surface area contributed by atoms with E-state index < -0.39 is 0 Å². The molecule has 0 bridgehead atoms. The third-order valence-corrected chi connectivity index (χ3v) is 6.39. The number of likely N-dealkylation sites (tertiary alicyclic amines) is 1. The van der Waals surface area contributed by atoms with Gasteiger partial charge in [-0.25, -0.2) is 9.97 Å². The zero-order valence-electron chi connectivity index (χ0n) is 17.9. The molecule has 3 heterocycles. The maximum atomic E-state index is 13.8. The summed E-state index contributed by atoms with van der Waals surface area (Å²) in [5.74, 6) is 1.67. The van der Waals surface area contributed by atoms with Crippen molar-refractivity contribution >= 4 is 5.91 Å². The van der Waals surface area contributed by atoms with E-state index in [1.54, 1.807) is 12.1 Å². The quantitative estimate of drug-likeness (QED) is 0.612. The number of hydrogen-bond acceptors (Lipinski definition) is 5. The molecule has 1 saturated heterocycles. The van der Waals surface area contributed by atoms with Gasteiger partial charge in [0, 0.05) is 30.1 Å². The Kier molecular flexibility index (Phi) is 5.32. The number of ether oxygens (including phenoxy) is 1. The van der Waals surface area contributed by atoms with Crippen LogP contribution in [0.3, 0.4) is 0 Å². The molecule has 0 spiro atoms. The number of aryl methyl sites for hydroxylation is 1. The van der Waals surface area contributed by atoms with Crippen molar-refractivity contribution in [2.24, 2.45) is 11.8 Å². The first-order valence-corrected chi connectivity index (χ1v) is 11.0. The van der Waals surface area contributed by atoms with Crippen molar-refractivity contribution in [3.63, 3.8) is 0 Å². The minimum atomic E-state index is -0.0423.